The van der Waals surface area contributed by atoms with Crippen LogP contribution in [0.25, 0.3) is 10.8 Å². The highest BCUT2D eigenvalue weighted by atomic mass is 19.2. The second kappa shape index (κ2) is 7.53. The first-order valence-electron chi connectivity index (χ1n) is 9.56. The van der Waals surface area contributed by atoms with Crippen LogP contribution in [0.15, 0.2) is 54.6 Å². The lowest BCUT2D eigenvalue weighted by molar-refractivity contribution is 0.385. The number of halogens is 2. The molecule has 1 aliphatic rings. The van der Waals surface area contributed by atoms with Crippen molar-refractivity contribution < 1.29 is 8.78 Å². The molecule has 1 fully saturated rings. The van der Waals surface area contributed by atoms with Crippen LogP contribution in [-0.4, -0.2) is 0 Å². The first-order valence-corrected chi connectivity index (χ1v) is 9.56. The topological polar surface area (TPSA) is 0 Å². The zero-order valence-electron chi connectivity index (χ0n) is 15.4. The predicted octanol–water partition coefficient (Wildman–Crippen LogP) is 6.75. The second-order valence-corrected chi connectivity index (χ2v) is 7.53. The Morgan fingerprint density at radius 1 is 0.852 bits per heavy atom. The van der Waals surface area contributed by atoms with E-state index < -0.39 is 11.6 Å². The van der Waals surface area contributed by atoms with Crippen LogP contribution in [0.4, 0.5) is 8.78 Å². The lowest BCUT2D eigenvalue weighted by Crippen LogP contribution is -2.12. The van der Waals surface area contributed by atoms with E-state index in [2.05, 4.69) is 43.0 Å². The maximum Gasteiger partial charge on any atom is 0.166 e. The summed E-state index contributed by atoms with van der Waals surface area (Å²) in [5.74, 6) is 6.10. The molecule has 0 saturated heterocycles. The molecule has 0 N–H and O–H groups in total. The van der Waals surface area contributed by atoms with Crippen molar-refractivity contribution in [1.29, 1.82) is 0 Å². The standard InChI is InChI=1S/C25H22F2/c1-17-2-4-18(5-3-17)6-7-19-8-10-20(11-9-19)21-12-14-23-22(16-21)13-15-24(26)25(23)27/h2-5,12-16,19-20H,8-11H2,1H3. The van der Waals surface area contributed by atoms with E-state index in [4.69, 9.17) is 0 Å². The van der Waals surface area contributed by atoms with Gasteiger partial charge in [0.05, 0.1) is 0 Å². The molecule has 1 saturated carbocycles. The fourth-order valence-corrected chi connectivity index (χ4v) is 3.93. The molecule has 0 atom stereocenters. The van der Waals surface area contributed by atoms with Gasteiger partial charge in [0, 0.05) is 16.9 Å². The van der Waals surface area contributed by atoms with E-state index in [9.17, 15) is 8.78 Å². The predicted molar refractivity (Wildman–Crippen MR) is 107 cm³/mol. The van der Waals surface area contributed by atoms with Gasteiger partial charge >= 0.3 is 0 Å². The van der Waals surface area contributed by atoms with E-state index in [0.29, 0.717) is 17.2 Å². The van der Waals surface area contributed by atoms with Gasteiger partial charge in [0.25, 0.3) is 0 Å². The van der Waals surface area contributed by atoms with E-state index >= 15 is 0 Å². The molecule has 0 nitrogen and oxygen atoms in total. The highest BCUT2D eigenvalue weighted by Crippen LogP contribution is 2.37. The van der Waals surface area contributed by atoms with Crippen LogP contribution in [0, 0.1) is 36.3 Å². The molecular formula is C25H22F2. The number of fused-ring (bicyclic) bond motifs is 1. The van der Waals surface area contributed by atoms with E-state index in [1.165, 1.54) is 17.2 Å². The summed E-state index contributed by atoms with van der Waals surface area (Å²) in [5, 5.41) is 1.13. The van der Waals surface area contributed by atoms with Crippen LogP contribution < -0.4 is 0 Å². The zero-order chi connectivity index (χ0) is 18.8. The van der Waals surface area contributed by atoms with Crippen LogP contribution in [0.2, 0.25) is 0 Å². The molecule has 3 aromatic carbocycles. The summed E-state index contributed by atoms with van der Waals surface area (Å²) in [6.45, 7) is 2.08. The molecule has 1 aliphatic carbocycles. The number of rotatable bonds is 1. The minimum Gasteiger partial charge on any atom is -0.204 e. The largest absolute Gasteiger partial charge is 0.204 e. The second-order valence-electron chi connectivity index (χ2n) is 7.53. The van der Waals surface area contributed by atoms with Gasteiger partial charge in [-0.2, -0.15) is 0 Å². The van der Waals surface area contributed by atoms with Gasteiger partial charge in [0.15, 0.2) is 11.6 Å². The minimum absolute atomic E-state index is 0.358. The Hall–Kier alpha value is -2.66. The third-order valence-electron chi connectivity index (χ3n) is 5.60. The molecule has 0 unspecified atom stereocenters. The Labute approximate surface area is 159 Å². The highest BCUT2D eigenvalue weighted by molar-refractivity contribution is 5.84. The van der Waals surface area contributed by atoms with Gasteiger partial charge in [-0.15, -0.1) is 0 Å². The Morgan fingerprint density at radius 2 is 1.59 bits per heavy atom. The third kappa shape index (κ3) is 3.88. The summed E-state index contributed by atoms with van der Waals surface area (Å²) >= 11 is 0. The maximum absolute atomic E-state index is 13.9. The van der Waals surface area contributed by atoms with Gasteiger partial charge in [-0.25, -0.2) is 8.78 Å². The van der Waals surface area contributed by atoms with Crippen molar-refractivity contribution in [3.8, 4) is 11.8 Å². The summed E-state index contributed by atoms with van der Waals surface area (Å²) in [5.41, 5.74) is 3.55. The van der Waals surface area contributed by atoms with Gasteiger partial charge in [-0.3, -0.25) is 0 Å². The van der Waals surface area contributed by atoms with Crippen molar-refractivity contribution in [3.63, 3.8) is 0 Å². The molecule has 2 heteroatoms. The van der Waals surface area contributed by atoms with Crippen LogP contribution in [0.1, 0.15) is 48.3 Å². The van der Waals surface area contributed by atoms with Crippen molar-refractivity contribution in [2.75, 3.05) is 0 Å². The smallest absolute Gasteiger partial charge is 0.166 e. The molecular weight excluding hydrogens is 338 g/mol. The summed E-state index contributed by atoms with van der Waals surface area (Å²) in [6.07, 6.45) is 4.34. The SMILES string of the molecule is Cc1ccc(C#CC2CCC(c3ccc4c(F)c(F)ccc4c3)CC2)cc1. The molecule has 0 amide bonds. The van der Waals surface area contributed by atoms with Gasteiger partial charge in [0.1, 0.15) is 0 Å². The van der Waals surface area contributed by atoms with Gasteiger partial charge < -0.3 is 0 Å². The van der Waals surface area contributed by atoms with Crippen LogP contribution >= 0.6 is 0 Å². The highest BCUT2D eigenvalue weighted by Gasteiger charge is 2.21. The zero-order valence-corrected chi connectivity index (χ0v) is 15.4. The molecule has 0 aliphatic heterocycles. The third-order valence-corrected chi connectivity index (χ3v) is 5.60. The van der Waals surface area contributed by atoms with Crippen LogP contribution in [-0.2, 0) is 0 Å². The maximum atomic E-state index is 13.9. The minimum atomic E-state index is -0.789. The normalized spacial score (nSPS) is 19.5. The molecule has 0 bridgehead atoms. The van der Waals surface area contributed by atoms with E-state index in [-0.39, 0.29) is 0 Å². The number of benzene rings is 3. The van der Waals surface area contributed by atoms with Crippen molar-refractivity contribution in [3.05, 3.63) is 82.9 Å². The molecule has 0 heterocycles. The van der Waals surface area contributed by atoms with Gasteiger partial charge in [-0.05, 0) is 67.7 Å². The lowest BCUT2D eigenvalue weighted by atomic mass is 9.78. The molecule has 0 radical (unpaired) electrons. The Kier molecular flexibility index (Phi) is 4.94. The van der Waals surface area contributed by atoms with Crippen LogP contribution in [0.3, 0.4) is 0 Å². The fourth-order valence-electron chi connectivity index (χ4n) is 3.93. The summed E-state index contributed by atoms with van der Waals surface area (Å²) in [7, 11) is 0. The lowest BCUT2D eigenvalue weighted by Gasteiger charge is -2.26. The Morgan fingerprint density at radius 3 is 2.33 bits per heavy atom. The molecule has 136 valence electrons. The average Bonchev–Trinajstić information content (AvgIpc) is 2.70. The Balaban J connectivity index is 1.44. The van der Waals surface area contributed by atoms with E-state index in [1.54, 1.807) is 12.1 Å². The number of aryl methyl sites for hydroxylation is 1. The van der Waals surface area contributed by atoms with Crippen molar-refractivity contribution in [2.45, 2.75) is 38.5 Å². The van der Waals surface area contributed by atoms with Crippen LogP contribution in [0.5, 0.6) is 0 Å². The quantitative estimate of drug-likeness (QED) is 0.421. The molecule has 4 rings (SSSR count). The number of hydrogen-bond acceptors (Lipinski definition) is 0. The first-order chi connectivity index (χ1) is 13.1. The summed E-state index contributed by atoms with van der Waals surface area (Å²) in [4.78, 5) is 0. The molecule has 27 heavy (non-hydrogen) atoms. The van der Waals surface area contributed by atoms with Crippen molar-refractivity contribution in [2.24, 2.45) is 5.92 Å². The van der Waals surface area contributed by atoms with Gasteiger partial charge in [0.2, 0.25) is 0 Å². The summed E-state index contributed by atoms with van der Waals surface area (Å²) in [6, 6.07) is 16.9. The van der Waals surface area contributed by atoms with E-state index in [1.807, 2.05) is 12.1 Å². The first kappa shape index (κ1) is 17.7. The van der Waals surface area contributed by atoms with E-state index in [0.717, 1.165) is 36.6 Å². The molecule has 3 aromatic rings. The summed E-state index contributed by atoms with van der Waals surface area (Å²) < 4.78 is 27.3. The Bertz CT molecular complexity index is 1010. The van der Waals surface area contributed by atoms with Crippen molar-refractivity contribution in [1.82, 2.24) is 0 Å². The molecule has 0 spiro atoms. The monoisotopic (exact) mass is 360 g/mol. The average molecular weight is 360 g/mol. The van der Waals surface area contributed by atoms with Crippen molar-refractivity contribution >= 4 is 10.8 Å². The molecule has 0 aromatic heterocycles. The fraction of sp³-hybridized carbons (Fsp3) is 0.280. The van der Waals surface area contributed by atoms with Gasteiger partial charge in [-0.1, -0.05) is 53.8 Å². The number of hydrogen-bond donors (Lipinski definition) is 0.